The van der Waals surface area contributed by atoms with E-state index in [2.05, 4.69) is 20.4 Å². The van der Waals surface area contributed by atoms with Crippen LogP contribution in [0.15, 0.2) is 0 Å². The van der Waals surface area contributed by atoms with Crippen molar-refractivity contribution in [2.75, 3.05) is 39.3 Å². The Morgan fingerprint density at radius 2 is 2.09 bits per heavy atom. The predicted molar refractivity (Wildman–Crippen MR) is 88.3 cm³/mol. The maximum Gasteiger partial charge on any atom is 0.274 e. The smallest absolute Gasteiger partial charge is 0.274 e. The van der Waals surface area contributed by atoms with Crippen molar-refractivity contribution in [1.29, 1.82) is 0 Å². The quantitative estimate of drug-likeness (QED) is 0.873. The van der Waals surface area contributed by atoms with Crippen LogP contribution in [0.4, 0.5) is 0 Å². The van der Waals surface area contributed by atoms with Gasteiger partial charge in [0.2, 0.25) is 0 Å². The van der Waals surface area contributed by atoms with Gasteiger partial charge >= 0.3 is 0 Å². The number of likely N-dealkylation sites (tertiary alicyclic amines) is 2. The second-order valence-electron chi connectivity index (χ2n) is 7.22. The molecule has 0 spiro atoms. The molecular weight excluding hydrogens is 290 g/mol. The molecule has 126 valence electrons. The highest BCUT2D eigenvalue weighted by Crippen LogP contribution is 2.23. The number of nitrogens with one attached hydrogen (secondary N) is 2. The first-order chi connectivity index (χ1) is 11.3. The van der Waals surface area contributed by atoms with Crippen molar-refractivity contribution in [3.8, 4) is 0 Å². The van der Waals surface area contributed by atoms with Crippen molar-refractivity contribution in [1.82, 2.24) is 25.3 Å². The van der Waals surface area contributed by atoms with Gasteiger partial charge in [-0.1, -0.05) is 6.42 Å². The van der Waals surface area contributed by atoms with Crippen molar-refractivity contribution < 1.29 is 4.79 Å². The Balaban J connectivity index is 1.37. The van der Waals surface area contributed by atoms with E-state index in [1.165, 1.54) is 32.4 Å². The molecule has 3 aliphatic rings. The van der Waals surface area contributed by atoms with Gasteiger partial charge in [-0.15, -0.1) is 0 Å². The highest BCUT2D eigenvalue weighted by atomic mass is 16.2. The number of carbonyl (C=O) groups excluding carboxylic acids is 1. The number of amides is 1. The van der Waals surface area contributed by atoms with E-state index < -0.39 is 0 Å². The molecule has 2 fully saturated rings. The molecule has 0 bridgehead atoms. The molecule has 6 heteroatoms. The number of carbonyl (C=O) groups is 1. The van der Waals surface area contributed by atoms with E-state index in [4.69, 9.17) is 0 Å². The van der Waals surface area contributed by atoms with Gasteiger partial charge in [-0.25, -0.2) is 0 Å². The summed E-state index contributed by atoms with van der Waals surface area (Å²) in [5.74, 6) is 0.747. The molecule has 1 atom stereocenters. The van der Waals surface area contributed by atoms with Crippen LogP contribution in [-0.4, -0.2) is 65.2 Å². The van der Waals surface area contributed by atoms with E-state index in [9.17, 15) is 4.79 Å². The molecule has 1 amide bonds. The summed E-state index contributed by atoms with van der Waals surface area (Å²) in [6.45, 7) is 7.13. The van der Waals surface area contributed by atoms with Crippen molar-refractivity contribution in [3.05, 3.63) is 17.0 Å². The maximum atomic E-state index is 12.8. The van der Waals surface area contributed by atoms with Gasteiger partial charge in [-0.2, -0.15) is 5.10 Å². The Labute approximate surface area is 137 Å². The number of nitrogens with zero attached hydrogens (tertiary/aromatic N) is 3. The lowest BCUT2D eigenvalue weighted by atomic mass is 10.1. The summed E-state index contributed by atoms with van der Waals surface area (Å²) in [7, 11) is 0. The number of piperidine rings is 1. The molecule has 0 radical (unpaired) electrons. The van der Waals surface area contributed by atoms with Crippen LogP contribution in [0.25, 0.3) is 0 Å². The lowest BCUT2D eigenvalue weighted by molar-refractivity contribution is 0.0775. The first-order valence-corrected chi connectivity index (χ1v) is 9.10. The summed E-state index contributed by atoms with van der Waals surface area (Å²) in [6.07, 6.45) is 6.12. The predicted octanol–water partition coefficient (Wildman–Crippen LogP) is 1.00. The largest absolute Gasteiger partial charge is 0.337 e. The first kappa shape index (κ1) is 15.1. The number of rotatable bonds is 3. The third-order valence-electron chi connectivity index (χ3n) is 5.55. The van der Waals surface area contributed by atoms with Crippen LogP contribution in [0.5, 0.6) is 0 Å². The number of hydrogen-bond donors (Lipinski definition) is 2. The molecule has 4 rings (SSSR count). The molecule has 1 aromatic rings. The molecule has 2 N–H and O–H groups in total. The Hall–Kier alpha value is -1.40. The molecule has 0 aromatic carbocycles. The van der Waals surface area contributed by atoms with E-state index in [1.54, 1.807) is 0 Å². The molecule has 6 nitrogen and oxygen atoms in total. The molecular formula is C17H27N5O. The standard InChI is InChI=1S/C17H27N5O/c23-17(16-14-10-18-6-4-15(14)19-20-16)22-9-5-13(12-22)11-21-7-2-1-3-8-21/h13,18H,1-12H2,(H,19,20). The van der Waals surface area contributed by atoms with Crippen LogP contribution >= 0.6 is 0 Å². The van der Waals surface area contributed by atoms with E-state index in [-0.39, 0.29) is 5.91 Å². The molecule has 1 unspecified atom stereocenters. The Morgan fingerprint density at radius 3 is 2.96 bits per heavy atom. The van der Waals surface area contributed by atoms with Crippen LogP contribution in [0.1, 0.15) is 47.4 Å². The third-order valence-corrected chi connectivity index (χ3v) is 5.55. The zero-order valence-corrected chi connectivity index (χ0v) is 13.8. The van der Waals surface area contributed by atoms with Crippen molar-refractivity contribution in [3.63, 3.8) is 0 Å². The average Bonchev–Trinajstić information content (AvgIpc) is 3.22. The molecule has 1 aromatic heterocycles. The molecule has 0 saturated carbocycles. The van der Waals surface area contributed by atoms with Gasteiger partial charge in [-0.3, -0.25) is 9.89 Å². The fraction of sp³-hybridized carbons (Fsp3) is 0.765. The van der Waals surface area contributed by atoms with Crippen LogP contribution in [0, 0.1) is 5.92 Å². The number of H-pyrrole nitrogens is 1. The van der Waals surface area contributed by atoms with E-state index >= 15 is 0 Å². The van der Waals surface area contributed by atoms with Crippen LogP contribution in [0.2, 0.25) is 0 Å². The van der Waals surface area contributed by atoms with Crippen molar-refractivity contribution >= 4 is 5.91 Å². The maximum absolute atomic E-state index is 12.8. The monoisotopic (exact) mass is 317 g/mol. The van der Waals surface area contributed by atoms with Crippen molar-refractivity contribution in [2.45, 2.75) is 38.6 Å². The van der Waals surface area contributed by atoms with Crippen LogP contribution in [-0.2, 0) is 13.0 Å². The first-order valence-electron chi connectivity index (χ1n) is 9.10. The van der Waals surface area contributed by atoms with Gasteiger partial charge < -0.3 is 15.1 Å². The Bertz CT molecular complexity index is 563. The lowest BCUT2D eigenvalue weighted by Crippen LogP contribution is -2.36. The summed E-state index contributed by atoms with van der Waals surface area (Å²) in [4.78, 5) is 17.4. The minimum atomic E-state index is 0.118. The highest BCUT2D eigenvalue weighted by Gasteiger charge is 2.31. The Morgan fingerprint density at radius 1 is 1.22 bits per heavy atom. The third kappa shape index (κ3) is 3.15. The summed E-state index contributed by atoms with van der Waals surface area (Å²) in [6, 6.07) is 0. The van der Waals surface area contributed by atoms with Gasteiger partial charge in [0.1, 0.15) is 0 Å². The van der Waals surface area contributed by atoms with E-state index in [0.717, 1.165) is 56.8 Å². The van der Waals surface area contributed by atoms with Gasteiger partial charge in [-0.05, 0) is 38.3 Å². The molecule has 3 aliphatic heterocycles. The number of hydrogen-bond acceptors (Lipinski definition) is 4. The summed E-state index contributed by atoms with van der Waals surface area (Å²) < 4.78 is 0. The topological polar surface area (TPSA) is 64.3 Å². The fourth-order valence-corrected chi connectivity index (χ4v) is 4.23. The Kier molecular flexibility index (Phi) is 4.35. The van der Waals surface area contributed by atoms with Crippen LogP contribution in [0.3, 0.4) is 0 Å². The van der Waals surface area contributed by atoms with E-state index in [1.807, 2.05) is 4.90 Å². The summed E-state index contributed by atoms with van der Waals surface area (Å²) >= 11 is 0. The molecule has 2 saturated heterocycles. The SMILES string of the molecule is O=C(c1n[nH]c2c1CNCC2)N1CCC(CN2CCCCC2)C1. The van der Waals surface area contributed by atoms with Gasteiger partial charge in [0, 0.05) is 50.4 Å². The van der Waals surface area contributed by atoms with Gasteiger partial charge in [0.05, 0.1) is 0 Å². The molecule has 0 aliphatic carbocycles. The van der Waals surface area contributed by atoms with Gasteiger partial charge in [0.15, 0.2) is 5.69 Å². The van der Waals surface area contributed by atoms with Gasteiger partial charge in [0.25, 0.3) is 5.91 Å². The second kappa shape index (κ2) is 6.61. The second-order valence-corrected chi connectivity index (χ2v) is 7.22. The fourth-order valence-electron chi connectivity index (χ4n) is 4.23. The highest BCUT2D eigenvalue weighted by molar-refractivity contribution is 5.94. The van der Waals surface area contributed by atoms with Crippen LogP contribution < -0.4 is 5.32 Å². The van der Waals surface area contributed by atoms with E-state index in [0.29, 0.717) is 11.6 Å². The van der Waals surface area contributed by atoms with Crippen molar-refractivity contribution in [2.24, 2.45) is 5.92 Å². The molecule has 23 heavy (non-hydrogen) atoms. The number of aromatic amines is 1. The summed E-state index contributed by atoms with van der Waals surface area (Å²) in [5, 5.41) is 10.7. The summed E-state index contributed by atoms with van der Waals surface area (Å²) in [5.41, 5.74) is 2.86. The number of aromatic nitrogens is 2. The normalized spacial score (nSPS) is 25.6. The lowest BCUT2D eigenvalue weighted by Gasteiger charge is -2.28. The zero-order chi connectivity index (χ0) is 15.6. The average molecular weight is 317 g/mol. The minimum absolute atomic E-state index is 0.118. The molecule has 4 heterocycles. The minimum Gasteiger partial charge on any atom is -0.337 e. The number of fused-ring (bicyclic) bond motifs is 1. The zero-order valence-electron chi connectivity index (χ0n) is 13.8.